The van der Waals surface area contributed by atoms with Gasteiger partial charge in [-0.1, -0.05) is 6.07 Å². The number of nitrogens with two attached hydrogens (primary N) is 1. The molecule has 46 heavy (non-hydrogen) atoms. The Kier molecular flexibility index (Phi) is 10.5. The first-order valence-corrected chi connectivity index (χ1v) is 14.1. The number of hydrogen-bond acceptors (Lipinski definition) is 13. The molecule has 244 valence electrons. The summed E-state index contributed by atoms with van der Waals surface area (Å²) < 4.78 is 20.8. The van der Waals surface area contributed by atoms with Crippen LogP contribution in [0.25, 0.3) is 0 Å². The highest BCUT2D eigenvalue weighted by Crippen LogP contribution is 2.36. The molecule has 2 aromatic rings. The number of carbonyl (C=O) groups excluding carboxylic acids is 6. The maximum Gasteiger partial charge on any atom is 0.423 e. The largest absolute Gasteiger partial charge is 0.493 e. The minimum atomic E-state index is -1.55. The second kappa shape index (κ2) is 14.5. The first kappa shape index (κ1) is 33.3. The Labute approximate surface area is 261 Å². The van der Waals surface area contributed by atoms with Crippen molar-refractivity contribution in [3.8, 4) is 17.2 Å². The summed E-state index contributed by atoms with van der Waals surface area (Å²) in [6, 6.07) is 4.88. The smallest absolute Gasteiger partial charge is 0.423 e. The predicted octanol–water partition coefficient (Wildman–Crippen LogP) is 1.30. The molecular formula is C29H31N5O12. The second-order valence-electron chi connectivity index (χ2n) is 10.1. The summed E-state index contributed by atoms with van der Waals surface area (Å²) in [5, 5.41) is 14.2. The lowest BCUT2D eigenvalue weighted by Crippen LogP contribution is -2.57. The van der Waals surface area contributed by atoms with E-state index in [1.165, 1.54) is 38.5 Å². The lowest BCUT2D eigenvalue weighted by Gasteiger charge is -2.32. The monoisotopic (exact) mass is 641 g/mol. The molecule has 0 aromatic heterocycles. The van der Waals surface area contributed by atoms with Crippen LogP contribution in [0.2, 0.25) is 0 Å². The van der Waals surface area contributed by atoms with E-state index in [1.807, 2.05) is 0 Å². The SMILES string of the molecule is COc1cc(COC(=O)N2C(=O)CCC(N3C(=O)c4cccc(OCC(=O)NCCCCN)c4C3=O)C2=O)c([N+](=O)[O-])cc1OC. The van der Waals surface area contributed by atoms with Crippen LogP contribution in [0.5, 0.6) is 17.2 Å². The highest BCUT2D eigenvalue weighted by molar-refractivity contribution is 6.25. The van der Waals surface area contributed by atoms with Gasteiger partial charge in [-0.2, -0.15) is 4.90 Å². The number of hydrogen-bond donors (Lipinski definition) is 2. The molecule has 1 atom stereocenters. The number of nitrogens with zero attached hydrogens (tertiary/aromatic N) is 3. The molecule has 0 radical (unpaired) electrons. The van der Waals surface area contributed by atoms with Gasteiger partial charge in [-0.15, -0.1) is 0 Å². The van der Waals surface area contributed by atoms with Crippen molar-refractivity contribution < 1.29 is 52.6 Å². The fraction of sp³-hybridized carbons (Fsp3) is 0.379. The number of amides is 6. The van der Waals surface area contributed by atoms with Crippen molar-refractivity contribution in [2.45, 2.75) is 38.3 Å². The minimum Gasteiger partial charge on any atom is -0.493 e. The minimum absolute atomic E-state index is 0.0459. The van der Waals surface area contributed by atoms with Crippen molar-refractivity contribution in [1.29, 1.82) is 0 Å². The van der Waals surface area contributed by atoms with Crippen molar-refractivity contribution in [3.63, 3.8) is 0 Å². The number of fused-ring (bicyclic) bond motifs is 1. The molecule has 2 aliphatic rings. The number of imide groups is 4. The lowest BCUT2D eigenvalue weighted by atomic mass is 10.0. The van der Waals surface area contributed by atoms with Gasteiger partial charge >= 0.3 is 6.09 Å². The zero-order valence-electron chi connectivity index (χ0n) is 24.9. The molecule has 17 heteroatoms. The lowest BCUT2D eigenvalue weighted by molar-refractivity contribution is -0.385. The van der Waals surface area contributed by atoms with E-state index < -0.39 is 71.9 Å². The average molecular weight is 642 g/mol. The van der Waals surface area contributed by atoms with E-state index in [1.54, 1.807) is 0 Å². The molecule has 3 N–H and O–H groups in total. The molecule has 0 bridgehead atoms. The molecule has 2 aliphatic heterocycles. The maximum absolute atomic E-state index is 13.5. The van der Waals surface area contributed by atoms with E-state index in [0.717, 1.165) is 12.5 Å². The van der Waals surface area contributed by atoms with Gasteiger partial charge in [0.2, 0.25) is 5.91 Å². The third kappa shape index (κ3) is 6.73. The van der Waals surface area contributed by atoms with Gasteiger partial charge in [-0.25, -0.2) is 4.79 Å². The van der Waals surface area contributed by atoms with E-state index in [-0.39, 0.29) is 45.3 Å². The molecule has 6 amide bonds. The maximum atomic E-state index is 13.5. The van der Waals surface area contributed by atoms with Crippen LogP contribution in [-0.4, -0.2) is 90.3 Å². The first-order valence-electron chi connectivity index (χ1n) is 14.1. The van der Waals surface area contributed by atoms with Crippen LogP contribution >= 0.6 is 0 Å². The Morgan fingerprint density at radius 1 is 1.04 bits per heavy atom. The number of rotatable bonds is 13. The molecule has 4 rings (SSSR count). The molecule has 17 nitrogen and oxygen atoms in total. The number of methoxy groups -OCH3 is 2. The van der Waals surface area contributed by atoms with Gasteiger partial charge in [0, 0.05) is 13.0 Å². The highest BCUT2D eigenvalue weighted by atomic mass is 16.6. The quantitative estimate of drug-likeness (QED) is 0.136. The van der Waals surface area contributed by atoms with Gasteiger partial charge in [0.1, 0.15) is 18.4 Å². The number of ether oxygens (including phenoxy) is 4. The summed E-state index contributed by atoms with van der Waals surface area (Å²) in [7, 11) is 2.57. The Morgan fingerprint density at radius 2 is 1.76 bits per heavy atom. The molecule has 0 spiro atoms. The number of nitro groups is 1. The Balaban J connectivity index is 1.49. The molecule has 1 unspecified atom stereocenters. The molecule has 2 heterocycles. The summed E-state index contributed by atoms with van der Waals surface area (Å²) in [6.07, 6.45) is -0.731. The van der Waals surface area contributed by atoms with Crippen LogP contribution in [0.1, 0.15) is 52.0 Å². The van der Waals surface area contributed by atoms with Gasteiger partial charge < -0.3 is 30.0 Å². The number of carbonyl (C=O) groups is 6. The van der Waals surface area contributed by atoms with Gasteiger partial charge in [0.05, 0.1) is 41.9 Å². The van der Waals surface area contributed by atoms with Crippen molar-refractivity contribution >= 4 is 41.3 Å². The molecule has 0 aliphatic carbocycles. The Bertz CT molecular complexity index is 1590. The van der Waals surface area contributed by atoms with Gasteiger partial charge in [-0.05, 0) is 44.0 Å². The Hall–Kier alpha value is -5.58. The van der Waals surface area contributed by atoms with E-state index >= 15 is 0 Å². The highest BCUT2D eigenvalue weighted by Gasteiger charge is 2.50. The number of nitrogens with one attached hydrogen (secondary N) is 1. The fourth-order valence-corrected chi connectivity index (χ4v) is 4.97. The topological polar surface area (TPSA) is 227 Å². The fourth-order valence-electron chi connectivity index (χ4n) is 4.97. The number of benzene rings is 2. The van der Waals surface area contributed by atoms with E-state index in [9.17, 15) is 38.9 Å². The van der Waals surface area contributed by atoms with Crippen molar-refractivity contribution in [2.75, 3.05) is 33.9 Å². The van der Waals surface area contributed by atoms with Crippen LogP contribution in [-0.2, 0) is 25.7 Å². The Morgan fingerprint density at radius 3 is 2.43 bits per heavy atom. The number of piperidine rings is 1. The molecule has 0 saturated carbocycles. The normalized spacial score (nSPS) is 15.8. The average Bonchev–Trinajstić information content (AvgIpc) is 3.30. The van der Waals surface area contributed by atoms with Crippen LogP contribution in [0, 0.1) is 10.1 Å². The van der Waals surface area contributed by atoms with Crippen LogP contribution < -0.4 is 25.3 Å². The molecule has 2 aromatic carbocycles. The summed E-state index contributed by atoms with van der Waals surface area (Å²) in [6.45, 7) is -0.319. The van der Waals surface area contributed by atoms with Crippen molar-refractivity contribution in [2.24, 2.45) is 5.73 Å². The predicted molar refractivity (Wildman–Crippen MR) is 155 cm³/mol. The summed E-state index contributed by atoms with van der Waals surface area (Å²) in [5.41, 5.74) is 4.56. The van der Waals surface area contributed by atoms with Crippen LogP contribution in [0.15, 0.2) is 30.3 Å². The first-order chi connectivity index (χ1) is 22.0. The standard InChI is InChI=1S/C29H31N5O12/c1-43-21-12-16(19(34(41)42)13-22(21)44-2)14-46-29(40)33-24(36)9-8-18(27(33)38)32-26(37)17-6-5-7-20(25(17)28(32)39)45-15-23(35)31-11-4-3-10-30/h5-7,12-13,18H,3-4,8-11,14-15,30H2,1-2H3,(H,31,35). The molecule has 1 saturated heterocycles. The summed E-state index contributed by atoms with van der Waals surface area (Å²) in [4.78, 5) is 89.8. The summed E-state index contributed by atoms with van der Waals surface area (Å²) >= 11 is 0. The van der Waals surface area contributed by atoms with E-state index in [4.69, 9.17) is 24.7 Å². The third-order valence-corrected chi connectivity index (χ3v) is 7.23. The zero-order valence-corrected chi connectivity index (χ0v) is 24.9. The number of nitro benzene ring substituents is 1. The second-order valence-corrected chi connectivity index (χ2v) is 10.1. The number of likely N-dealkylation sites (tertiary alicyclic amines) is 1. The van der Waals surface area contributed by atoms with Gasteiger partial charge in [0.25, 0.3) is 29.3 Å². The van der Waals surface area contributed by atoms with Crippen molar-refractivity contribution in [1.82, 2.24) is 15.1 Å². The zero-order chi connectivity index (χ0) is 33.5. The van der Waals surface area contributed by atoms with Gasteiger partial charge in [-0.3, -0.25) is 39.0 Å². The van der Waals surface area contributed by atoms with Crippen LogP contribution in [0.3, 0.4) is 0 Å². The summed E-state index contributed by atoms with van der Waals surface area (Å²) in [5.74, 6) is -4.31. The van der Waals surface area contributed by atoms with Crippen molar-refractivity contribution in [3.05, 3.63) is 57.1 Å². The van der Waals surface area contributed by atoms with E-state index in [0.29, 0.717) is 24.4 Å². The van der Waals surface area contributed by atoms with Gasteiger partial charge in [0.15, 0.2) is 18.1 Å². The number of unbranched alkanes of at least 4 members (excludes halogenated alkanes) is 1. The van der Waals surface area contributed by atoms with Crippen LogP contribution in [0.4, 0.5) is 10.5 Å². The van der Waals surface area contributed by atoms with E-state index in [2.05, 4.69) is 5.32 Å². The molecular weight excluding hydrogens is 610 g/mol. The third-order valence-electron chi connectivity index (χ3n) is 7.23. The molecule has 1 fully saturated rings.